The molecule has 0 saturated heterocycles. The highest BCUT2D eigenvalue weighted by atomic mass is 16.5. The standard InChI is InChI=1S/C14H22N2O3/c1-9-4-3-5-12(6-9)18-8-11-7-13(14(17)16-15)19-10(11)2/h7,9,12H,3-6,8,15H2,1-2H3,(H,16,17). The molecular formula is C14H22N2O3. The second-order valence-electron chi connectivity index (χ2n) is 5.37. The Morgan fingerprint density at radius 1 is 1.58 bits per heavy atom. The minimum atomic E-state index is -0.416. The zero-order valence-electron chi connectivity index (χ0n) is 11.6. The van der Waals surface area contributed by atoms with Crippen molar-refractivity contribution in [2.45, 2.75) is 52.2 Å². The van der Waals surface area contributed by atoms with E-state index in [9.17, 15) is 4.79 Å². The number of rotatable bonds is 4. The van der Waals surface area contributed by atoms with Crippen molar-refractivity contribution in [2.75, 3.05) is 0 Å². The van der Waals surface area contributed by atoms with Gasteiger partial charge in [-0.15, -0.1) is 0 Å². The zero-order valence-corrected chi connectivity index (χ0v) is 11.6. The molecule has 1 heterocycles. The Bertz CT molecular complexity index is 442. The van der Waals surface area contributed by atoms with E-state index in [0.717, 1.165) is 24.3 Å². The van der Waals surface area contributed by atoms with Gasteiger partial charge in [0, 0.05) is 5.56 Å². The summed E-state index contributed by atoms with van der Waals surface area (Å²) in [7, 11) is 0. The van der Waals surface area contributed by atoms with Gasteiger partial charge in [-0.1, -0.05) is 19.8 Å². The van der Waals surface area contributed by atoms with Crippen molar-refractivity contribution in [3.63, 3.8) is 0 Å². The largest absolute Gasteiger partial charge is 0.456 e. The summed E-state index contributed by atoms with van der Waals surface area (Å²) in [6, 6.07) is 1.70. The Morgan fingerprint density at radius 3 is 3.05 bits per heavy atom. The number of carbonyl (C=O) groups excluding carboxylic acids is 1. The van der Waals surface area contributed by atoms with Crippen molar-refractivity contribution in [3.05, 3.63) is 23.2 Å². The summed E-state index contributed by atoms with van der Waals surface area (Å²) >= 11 is 0. The smallest absolute Gasteiger partial charge is 0.300 e. The summed E-state index contributed by atoms with van der Waals surface area (Å²) in [5.74, 6) is 6.34. The predicted molar refractivity (Wildman–Crippen MR) is 71.3 cm³/mol. The van der Waals surface area contributed by atoms with Gasteiger partial charge < -0.3 is 9.15 Å². The number of nitrogens with one attached hydrogen (secondary N) is 1. The van der Waals surface area contributed by atoms with E-state index < -0.39 is 5.91 Å². The summed E-state index contributed by atoms with van der Waals surface area (Å²) < 4.78 is 11.3. The number of hydrazine groups is 1. The lowest BCUT2D eigenvalue weighted by Crippen LogP contribution is -2.29. The van der Waals surface area contributed by atoms with Crippen molar-refractivity contribution in [1.82, 2.24) is 5.43 Å². The van der Waals surface area contributed by atoms with Crippen LogP contribution in [0.25, 0.3) is 0 Å². The summed E-state index contributed by atoms with van der Waals surface area (Å²) in [6.07, 6.45) is 5.09. The van der Waals surface area contributed by atoms with Crippen LogP contribution < -0.4 is 11.3 Å². The molecule has 1 saturated carbocycles. The number of hydrogen-bond donors (Lipinski definition) is 2. The monoisotopic (exact) mass is 266 g/mol. The summed E-state index contributed by atoms with van der Waals surface area (Å²) in [4.78, 5) is 11.4. The van der Waals surface area contributed by atoms with Gasteiger partial charge in [0.1, 0.15) is 5.76 Å². The number of hydrogen-bond acceptors (Lipinski definition) is 4. The van der Waals surface area contributed by atoms with Gasteiger partial charge in [-0.3, -0.25) is 10.2 Å². The van der Waals surface area contributed by atoms with E-state index in [1.165, 1.54) is 12.8 Å². The Hall–Kier alpha value is -1.33. The van der Waals surface area contributed by atoms with Gasteiger partial charge in [0.05, 0.1) is 12.7 Å². The van der Waals surface area contributed by atoms with Gasteiger partial charge in [-0.05, 0) is 31.7 Å². The number of nitrogen functional groups attached to an aromatic ring is 1. The Morgan fingerprint density at radius 2 is 2.37 bits per heavy atom. The van der Waals surface area contributed by atoms with Crippen molar-refractivity contribution in [1.29, 1.82) is 0 Å². The quantitative estimate of drug-likeness (QED) is 0.498. The highest BCUT2D eigenvalue weighted by Crippen LogP contribution is 2.27. The van der Waals surface area contributed by atoms with Crippen LogP contribution in [0.4, 0.5) is 0 Å². The zero-order chi connectivity index (χ0) is 13.8. The third-order valence-corrected chi connectivity index (χ3v) is 3.74. The lowest BCUT2D eigenvalue weighted by atomic mass is 9.89. The molecule has 0 radical (unpaired) electrons. The number of furan rings is 1. The lowest BCUT2D eigenvalue weighted by Gasteiger charge is -2.26. The van der Waals surface area contributed by atoms with Crippen LogP contribution in [0.3, 0.4) is 0 Å². The maximum absolute atomic E-state index is 11.4. The molecule has 0 aromatic carbocycles. The van der Waals surface area contributed by atoms with E-state index >= 15 is 0 Å². The molecule has 1 aromatic heterocycles. The highest BCUT2D eigenvalue weighted by Gasteiger charge is 2.20. The molecule has 5 heteroatoms. The van der Waals surface area contributed by atoms with Gasteiger partial charge in [-0.2, -0.15) is 0 Å². The van der Waals surface area contributed by atoms with E-state index in [1.54, 1.807) is 6.07 Å². The van der Waals surface area contributed by atoms with E-state index in [1.807, 2.05) is 6.92 Å². The summed E-state index contributed by atoms with van der Waals surface area (Å²) in [5, 5.41) is 0. The molecule has 19 heavy (non-hydrogen) atoms. The van der Waals surface area contributed by atoms with Crippen molar-refractivity contribution >= 4 is 5.91 Å². The number of nitrogens with two attached hydrogens (primary N) is 1. The highest BCUT2D eigenvalue weighted by molar-refractivity contribution is 5.91. The number of ether oxygens (including phenoxy) is 1. The predicted octanol–water partition coefficient (Wildman–Crippen LogP) is 2.29. The molecule has 106 valence electrons. The molecule has 2 atom stereocenters. The van der Waals surface area contributed by atoms with Crippen molar-refractivity contribution in [2.24, 2.45) is 11.8 Å². The fourth-order valence-electron chi connectivity index (χ4n) is 2.58. The topological polar surface area (TPSA) is 77.5 Å². The fraction of sp³-hybridized carbons (Fsp3) is 0.643. The van der Waals surface area contributed by atoms with Gasteiger partial charge in [0.25, 0.3) is 0 Å². The van der Waals surface area contributed by atoms with Crippen molar-refractivity contribution in [3.8, 4) is 0 Å². The van der Waals surface area contributed by atoms with Crippen LogP contribution in [0.5, 0.6) is 0 Å². The van der Waals surface area contributed by atoms with Crippen LogP contribution in [-0.2, 0) is 11.3 Å². The SMILES string of the molecule is Cc1oc(C(=O)NN)cc1COC1CCCC(C)C1. The maximum Gasteiger partial charge on any atom is 0.300 e. The first-order chi connectivity index (χ1) is 9.10. The number of amides is 1. The molecule has 0 aliphatic heterocycles. The molecule has 1 aliphatic rings. The Labute approximate surface area is 113 Å². The molecule has 2 rings (SSSR count). The summed E-state index contributed by atoms with van der Waals surface area (Å²) in [6.45, 7) is 4.59. The Kier molecular flexibility index (Phi) is 4.61. The normalized spacial score (nSPS) is 23.3. The van der Waals surface area contributed by atoms with E-state index in [0.29, 0.717) is 18.5 Å². The number of carbonyl (C=O) groups is 1. The minimum Gasteiger partial charge on any atom is -0.456 e. The average molecular weight is 266 g/mol. The van der Waals surface area contributed by atoms with Crippen LogP contribution >= 0.6 is 0 Å². The van der Waals surface area contributed by atoms with Gasteiger partial charge in [0.15, 0.2) is 5.76 Å². The molecule has 3 N–H and O–H groups in total. The third kappa shape index (κ3) is 3.58. The van der Waals surface area contributed by atoms with Gasteiger partial charge >= 0.3 is 5.91 Å². The number of aryl methyl sites for hydroxylation is 1. The second-order valence-corrected chi connectivity index (χ2v) is 5.37. The molecular weight excluding hydrogens is 244 g/mol. The van der Waals surface area contributed by atoms with Gasteiger partial charge in [-0.25, -0.2) is 5.84 Å². The van der Waals surface area contributed by atoms with E-state index in [-0.39, 0.29) is 5.76 Å². The molecule has 0 spiro atoms. The first-order valence-electron chi connectivity index (χ1n) is 6.82. The van der Waals surface area contributed by atoms with E-state index in [2.05, 4.69) is 12.3 Å². The molecule has 5 nitrogen and oxygen atoms in total. The maximum atomic E-state index is 11.4. The molecule has 1 aliphatic carbocycles. The molecule has 1 amide bonds. The average Bonchev–Trinajstić information content (AvgIpc) is 2.77. The van der Waals surface area contributed by atoms with Gasteiger partial charge in [0.2, 0.25) is 0 Å². The lowest BCUT2D eigenvalue weighted by molar-refractivity contribution is 0.00422. The molecule has 1 aromatic rings. The molecule has 0 bridgehead atoms. The minimum absolute atomic E-state index is 0.232. The first-order valence-corrected chi connectivity index (χ1v) is 6.82. The third-order valence-electron chi connectivity index (χ3n) is 3.74. The van der Waals surface area contributed by atoms with E-state index in [4.69, 9.17) is 15.0 Å². The second kappa shape index (κ2) is 6.21. The van der Waals surface area contributed by atoms with Crippen LogP contribution in [-0.4, -0.2) is 12.0 Å². The van der Waals surface area contributed by atoms with Crippen LogP contribution in [0.15, 0.2) is 10.5 Å². The molecule has 1 fully saturated rings. The van der Waals surface area contributed by atoms with Crippen molar-refractivity contribution < 1.29 is 13.9 Å². The summed E-state index contributed by atoms with van der Waals surface area (Å²) in [5.41, 5.74) is 2.97. The Balaban J connectivity index is 1.92. The first kappa shape index (κ1) is 14.1. The fourth-order valence-corrected chi connectivity index (χ4v) is 2.58. The van der Waals surface area contributed by atoms with Crippen LogP contribution in [0.1, 0.15) is 54.5 Å². The van der Waals surface area contributed by atoms with Crippen LogP contribution in [0.2, 0.25) is 0 Å². The molecule has 2 unspecified atom stereocenters. The van der Waals surface area contributed by atoms with Crippen LogP contribution in [0, 0.1) is 12.8 Å².